The van der Waals surface area contributed by atoms with E-state index in [-0.39, 0.29) is 42.0 Å². The van der Waals surface area contributed by atoms with E-state index in [0.29, 0.717) is 11.3 Å². The summed E-state index contributed by atoms with van der Waals surface area (Å²) in [6, 6.07) is 11.1. The summed E-state index contributed by atoms with van der Waals surface area (Å²) in [6.45, 7) is 0.160. The van der Waals surface area contributed by atoms with Crippen LogP contribution in [-0.2, 0) is 21.4 Å². The van der Waals surface area contributed by atoms with Crippen molar-refractivity contribution >= 4 is 21.8 Å². The Morgan fingerprint density at radius 2 is 1.73 bits per heavy atom. The highest BCUT2D eigenvalue weighted by Gasteiger charge is 2.17. The first-order valence-electron chi connectivity index (χ1n) is 9.10. The molecule has 162 valence electrons. The van der Waals surface area contributed by atoms with Gasteiger partial charge < -0.3 is 20.1 Å². The number of carbonyl (C=O) groups excluding carboxylic acids is 2. The molecule has 0 aliphatic carbocycles. The van der Waals surface area contributed by atoms with Crippen LogP contribution in [0.1, 0.15) is 22.3 Å². The molecular weight excluding hydrogens is 410 g/mol. The maximum absolute atomic E-state index is 12.4. The molecule has 0 atom stereocenters. The van der Waals surface area contributed by atoms with E-state index in [1.807, 2.05) is 0 Å². The number of sulfonamides is 1. The van der Waals surface area contributed by atoms with Gasteiger partial charge in [0.05, 0.1) is 19.1 Å². The lowest BCUT2D eigenvalue weighted by Gasteiger charge is -2.11. The number of rotatable bonds is 10. The molecule has 2 aromatic rings. The number of ether oxygens (including phenoxy) is 2. The van der Waals surface area contributed by atoms with Crippen molar-refractivity contribution in [3.05, 3.63) is 53.6 Å². The Balaban J connectivity index is 1.87. The number of methoxy groups -OCH3 is 2. The fraction of sp³-hybridized carbons (Fsp3) is 0.300. The van der Waals surface area contributed by atoms with Crippen LogP contribution in [0, 0.1) is 0 Å². The largest absolute Gasteiger partial charge is 0.493 e. The molecule has 0 saturated heterocycles. The average Bonchev–Trinajstić information content (AvgIpc) is 2.76. The summed E-state index contributed by atoms with van der Waals surface area (Å²) in [5.41, 5.74) is 1.25. The third kappa shape index (κ3) is 6.19. The van der Waals surface area contributed by atoms with E-state index in [0.717, 1.165) is 5.56 Å². The lowest BCUT2D eigenvalue weighted by Crippen LogP contribution is -2.30. The van der Waals surface area contributed by atoms with Gasteiger partial charge in [0.15, 0.2) is 11.5 Å². The van der Waals surface area contributed by atoms with Crippen LogP contribution in [0.5, 0.6) is 11.5 Å². The second-order valence-corrected chi connectivity index (χ2v) is 7.99. The van der Waals surface area contributed by atoms with Crippen molar-refractivity contribution in [3.8, 4) is 11.5 Å². The maximum Gasteiger partial charge on any atom is 0.251 e. The Bertz CT molecular complexity index is 1010. The Morgan fingerprint density at radius 3 is 2.40 bits per heavy atom. The molecule has 0 heterocycles. The molecule has 0 spiro atoms. The predicted molar refractivity (Wildman–Crippen MR) is 111 cm³/mol. The van der Waals surface area contributed by atoms with Gasteiger partial charge in [0, 0.05) is 38.2 Å². The van der Waals surface area contributed by atoms with Crippen LogP contribution >= 0.6 is 0 Å². The lowest BCUT2D eigenvalue weighted by atomic mass is 10.1. The van der Waals surface area contributed by atoms with Gasteiger partial charge in [-0.05, 0) is 29.8 Å². The van der Waals surface area contributed by atoms with Crippen LogP contribution in [0.2, 0.25) is 0 Å². The smallest absolute Gasteiger partial charge is 0.251 e. The molecule has 0 radical (unpaired) electrons. The number of amides is 2. The summed E-state index contributed by atoms with van der Waals surface area (Å²) in [7, 11) is 0.602. The Labute approximate surface area is 175 Å². The first-order valence-corrected chi connectivity index (χ1v) is 10.6. The predicted octanol–water partition coefficient (Wildman–Crippen LogP) is 1.05. The molecule has 0 aliphatic rings. The quantitative estimate of drug-likeness (QED) is 0.513. The normalized spacial score (nSPS) is 10.9. The number of carbonyl (C=O) groups is 2. The molecule has 0 fully saturated rings. The molecule has 9 nitrogen and oxygen atoms in total. The van der Waals surface area contributed by atoms with Crippen LogP contribution in [-0.4, -0.2) is 48.0 Å². The molecule has 3 N–H and O–H groups in total. The van der Waals surface area contributed by atoms with Gasteiger partial charge in [-0.2, -0.15) is 0 Å². The fourth-order valence-electron chi connectivity index (χ4n) is 2.62. The van der Waals surface area contributed by atoms with Crippen molar-refractivity contribution in [3.63, 3.8) is 0 Å². The van der Waals surface area contributed by atoms with Crippen LogP contribution in [0.4, 0.5) is 0 Å². The average molecular weight is 436 g/mol. The number of nitrogens with one attached hydrogen (secondary N) is 3. The van der Waals surface area contributed by atoms with E-state index in [1.54, 1.807) is 31.3 Å². The van der Waals surface area contributed by atoms with Gasteiger partial charge in [0.1, 0.15) is 0 Å². The molecular formula is C20H25N3O6S. The summed E-state index contributed by atoms with van der Waals surface area (Å²) in [5.74, 6) is 0.163. The van der Waals surface area contributed by atoms with Crippen molar-refractivity contribution in [1.82, 2.24) is 15.4 Å². The van der Waals surface area contributed by atoms with Gasteiger partial charge in [-0.15, -0.1) is 0 Å². The first kappa shape index (κ1) is 23.2. The Hall–Kier alpha value is -3.11. The summed E-state index contributed by atoms with van der Waals surface area (Å²) in [5, 5.41) is 5.24. The molecule has 0 bridgehead atoms. The number of hydrogen-bond donors (Lipinski definition) is 3. The highest BCUT2D eigenvalue weighted by Crippen LogP contribution is 2.29. The molecule has 30 heavy (non-hydrogen) atoms. The van der Waals surface area contributed by atoms with E-state index in [1.165, 1.54) is 32.4 Å². The highest BCUT2D eigenvalue weighted by atomic mass is 32.2. The Kier molecular flexibility index (Phi) is 8.19. The SMILES string of the molecule is CNC(=O)c1cccc(CNC(=O)CCNS(=O)(=O)c2ccc(OC)c(OC)c2)c1. The maximum atomic E-state index is 12.4. The van der Waals surface area contributed by atoms with E-state index >= 15 is 0 Å². The number of benzene rings is 2. The van der Waals surface area contributed by atoms with E-state index in [2.05, 4.69) is 15.4 Å². The molecule has 0 saturated carbocycles. The molecule has 0 aromatic heterocycles. The third-order valence-electron chi connectivity index (χ3n) is 4.22. The molecule has 10 heteroatoms. The standard InChI is InChI=1S/C20H25N3O6S/c1-21-20(25)15-6-4-5-14(11-15)13-22-19(24)9-10-23-30(26,27)16-7-8-17(28-2)18(12-16)29-3/h4-8,11-12,23H,9-10,13H2,1-3H3,(H,21,25)(H,22,24). The summed E-state index contributed by atoms with van der Waals surface area (Å²) in [4.78, 5) is 23.7. The second-order valence-electron chi connectivity index (χ2n) is 6.22. The van der Waals surface area contributed by atoms with Gasteiger partial charge in [0.2, 0.25) is 15.9 Å². The lowest BCUT2D eigenvalue weighted by molar-refractivity contribution is -0.121. The zero-order valence-electron chi connectivity index (χ0n) is 17.0. The van der Waals surface area contributed by atoms with Gasteiger partial charge in [-0.25, -0.2) is 13.1 Å². The van der Waals surface area contributed by atoms with Crippen LogP contribution in [0.25, 0.3) is 0 Å². The summed E-state index contributed by atoms with van der Waals surface area (Å²) in [6.07, 6.45) is -0.0400. The summed E-state index contributed by atoms with van der Waals surface area (Å²) < 4.78 is 37.4. The zero-order valence-corrected chi connectivity index (χ0v) is 17.8. The van der Waals surface area contributed by atoms with E-state index in [4.69, 9.17) is 9.47 Å². The van der Waals surface area contributed by atoms with Gasteiger partial charge in [0.25, 0.3) is 5.91 Å². The molecule has 2 amide bonds. The van der Waals surface area contributed by atoms with Crippen molar-refractivity contribution in [2.75, 3.05) is 27.8 Å². The first-order chi connectivity index (χ1) is 14.3. The zero-order chi connectivity index (χ0) is 22.1. The minimum atomic E-state index is -3.81. The third-order valence-corrected chi connectivity index (χ3v) is 5.67. The summed E-state index contributed by atoms with van der Waals surface area (Å²) >= 11 is 0. The van der Waals surface area contributed by atoms with Crippen LogP contribution in [0.15, 0.2) is 47.4 Å². The van der Waals surface area contributed by atoms with Gasteiger partial charge in [-0.3, -0.25) is 9.59 Å². The minimum Gasteiger partial charge on any atom is -0.493 e. The van der Waals surface area contributed by atoms with Crippen molar-refractivity contribution in [2.45, 2.75) is 17.9 Å². The van der Waals surface area contributed by atoms with Crippen LogP contribution < -0.4 is 24.8 Å². The Morgan fingerprint density at radius 1 is 1.00 bits per heavy atom. The minimum absolute atomic E-state index is 0.00609. The topological polar surface area (TPSA) is 123 Å². The van der Waals surface area contributed by atoms with Gasteiger partial charge in [-0.1, -0.05) is 12.1 Å². The molecule has 0 unspecified atom stereocenters. The van der Waals surface area contributed by atoms with Gasteiger partial charge >= 0.3 is 0 Å². The molecule has 0 aliphatic heterocycles. The number of hydrogen-bond acceptors (Lipinski definition) is 6. The van der Waals surface area contributed by atoms with Crippen molar-refractivity contribution in [2.24, 2.45) is 0 Å². The van der Waals surface area contributed by atoms with Crippen molar-refractivity contribution < 1.29 is 27.5 Å². The highest BCUT2D eigenvalue weighted by molar-refractivity contribution is 7.89. The fourth-order valence-corrected chi connectivity index (χ4v) is 3.67. The monoisotopic (exact) mass is 435 g/mol. The second kappa shape index (κ2) is 10.6. The molecule has 2 aromatic carbocycles. The van der Waals surface area contributed by atoms with E-state index in [9.17, 15) is 18.0 Å². The molecule has 2 rings (SSSR count). The van der Waals surface area contributed by atoms with E-state index < -0.39 is 10.0 Å². The van der Waals surface area contributed by atoms with Crippen LogP contribution in [0.3, 0.4) is 0 Å². The van der Waals surface area contributed by atoms with Crippen molar-refractivity contribution in [1.29, 1.82) is 0 Å².